The van der Waals surface area contributed by atoms with Crippen molar-refractivity contribution in [2.75, 3.05) is 12.8 Å². The minimum Gasteiger partial charge on any atom is -0.351 e. The smallest absolute Gasteiger partial charge is 0.251 e. The summed E-state index contributed by atoms with van der Waals surface area (Å²) < 4.78 is 0.929. The molecule has 19 heavy (non-hydrogen) atoms. The fraction of sp³-hybridized carbons (Fsp3) is 0.500. The Morgan fingerprint density at radius 2 is 2.00 bits per heavy atom. The van der Waals surface area contributed by atoms with Gasteiger partial charge in [-0.2, -0.15) is 11.8 Å². The van der Waals surface area contributed by atoms with Gasteiger partial charge in [-0.3, -0.25) is 4.79 Å². The average Bonchev–Trinajstić information content (AvgIpc) is 2.39. The van der Waals surface area contributed by atoms with Crippen molar-refractivity contribution in [3.05, 3.63) is 33.3 Å². The molecule has 0 aliphatic carbocycles. The van der Waals surface area contributed by atoms with Crippen LogP contribution in [0.4, 0.5) is 0 Å². The third-order valence-electron chi connectivity index (χ3n) is 3.42. The van der Waals surface area contributed by atoms with Gasteiger partial charge in [-0.05, 0) is 37.3 Å². The first-order valence-corrected chi connectivity index (χ1v) is 8.65. The van der Waals surface area contributed by atoms with Gasteiger partial charge in [0, 0.05) is 26.4 Å². The van der Waals surface area contributed by atoms with Crippen LogP contribution in [-0.4, -0.2) is 23.5 Å². The summed E-state index contributed by atoms with van der Waals surface area (Å²) in [7, 11) is 0. The van der Waals surface area contributed by atoms with E-state index < -0.39 is 0 Å². The average molecular weight is 365 g/mol. The van der Waals surface area contributed by atoms with Crippen LogP contribution in [0.1, 0.15) is 37.0 Å². The lowest BCUT2D eigenvalue weighted by molar-refractivity contribution is 0.0949. The van der Waals surface area contributed by atoms with Crippen molar-refractivity contribution in [1.82, 2.24) is 5.32 Å². The zero-order valence-electron chi connectivity index (χ0n) is 11.4. The van der Waals surface area contributed by atoms with Crippen molar-refractivity contribution < 1.29 is 4.79 Å². The number of nitrogens with one attached hydrogen (secondary N) is 1. The molecule has 0 heterocycles. The highest BCUT2D eigenvalue weighted by atomic mass is 79.9. The molecule has 0 aromatic heterocycles. The van der Waals surface area contributed by atoms with Gasteiger partial charge in [0.25, 0.3) is 5.91 Å². The summed E-state index contributed by atoms with van der Waals surface area (Å²) in [6, 6.07) is 5.22. The first kappa shape index (κ1) is 16.9. The van der Waals surface area contributed by atoms with Gasteiger partial charge in [-0.15, -0.1) is 0 Å². The molecule has 0 spiro atoms. The monoisotopic (exact) mass is 363 g/mol. The maximum absolute atomic E-state index is 12.1. The minimum absolute atomic E-state index is 0.0801. The molecule has 0 aliphatic heterocycles. The number of carbonyl (C=O) groups excluding carboxylic acids is 1. The summed E-state index contributed by atoms with van der Waals surface area (Å²) in [6.07, 6.45) is 4.16. The number of carbonyl (C=O) groups is 1. The maximum Gasteiger partial charge on any atom is 0.251 e. The molecule has 0 radical (unpaired) electrons. The zero-order valence-corrected chi connectivity index (χ0v) is 14.6. The second kappa shape index (κ2) is 7.55. The molecule has 1 N–H and O–H groups in total. The quantitative estimate of drug-likeness (QED) is 0.789. The Morgan fingerprint density at radius 3 is 2.47 bits per heavy atom. The highest BCUT2D eigenvalue weighted by Crippen LogP contribution is 2.29. The number of halogens is 2. The lowest BCUT2D eigenvalue weighted by Crippen LogP contribution is -2.39. The molecule has 0 saturated carbocycles. The Bertz CT molecular complexity index is 421. The molecular weight excluding hydrogens is 346 g/mol. The van der Waals surface area contributed by atoms with Crippen LogP contribution in [0, 0.1) is 0 Å². The van der Waals surface area contributed by atoms with E-state index in [1.165, 1.54) is 0 Å². The third-order valence-corrected chi connectivity index (χ3v) is 5.68. The van der Waals surface area contributed by atoms with Gasteiger partial charge in [0.2, 0.25) is 0 Å². The molecular formula is C14H19BrClNOS. The van der Waals surface area contributed by atoms with E-state index in [-0.39, 0.29) is 10.7 Å². The number of benzene rings is 1. The van der Waals surface area contributed by atoms with Gasteiger partial charge in [0.1, 0.15) is 0 Å². The van der Waals surface area contributed by atoms with Crippen LogP contribution in [0.5, 0.6) is 0 Å². The molecule has 1 aromatic rings. The summed E-state index contributed by atoms with van der Waals surface area (Å²) in [5, 5.41) is 3.56. The number of amides is 1. The molecule has 106 valence electrons. The van der Waals surface area contributed by atoms with Crippen LogP contribution < -0.4 is 5.32 Å². The number of hydrogen-bond acceptors (Lipinski definition) is 2. The summed E-state index contributed by atoms with van der Waals surface area (Å²) in [5.74, 6) is -0.0801. The Balaban J connectivity index is 2.74. The highest BCUT2D eigenvalue weighted by molar-refractivity contribution is 9.10. The Morgan fingerprint density at radius 1 is 1.37 bits per heavy atom. The van der Waals surface area contributed by atoms with Gasteiger partial charge in [0.05, 0.1) is 0 Å². The number of hydrogen-bond donors (Lipinski definition) is 1. The van der Waals surface area contributed by atoms with Crippen molar-refractivity contribution in [1.29, 1.82) is 0 Å². The maximum atomic E-state index is 12.1. The van der Waals surface area contributed by atoms with E-state index in [1.807, 2.05) is 11.8 Å². The molecule has 1 rings (SSSR count). The summed E-state index contributed by atoms with van der Waals surface area (Å²) in [5.41, 5.74) is 0.585. The first-order valence-electron chi connectivity index (χ1n) is 6.25. The minimum atomic E-state index is -0.0801. The summed E-state index contributed by atoms with van der Waals surface area (Å²) in [6.45, 7) is 4.98. The molecule has 0 saturated heterocycles. The molecule has 0 atom stereocenters. The standard InChI is InChI=1S/C14H19BrClNOS/c1-4-14(5-2,19-3)9-17-13(18)10-6-11(15)8-12(16)7-10/h6-8H,4-5,9H2,1-3H3,(H,17,18). The van der Waals surface area contributed by atoms with Crippen molar-refractivity contribution >= 4 is 45.2 Å². The Kier molecular flexibility index (Phi) is 6.71. The van der Waals surface area contributed by atoms with Crippen molar-refractivity contribution in [3.63, 3.8) is 0 Å². The van der Waals surface area contributed by atoms with Crippen LogP contribution in [0.15, 0.2) is 22.7 Å². The first-order chi connectivity index (χ1) is 8.96. The van der Waals surface area contributed by atoms with Crippen LogP contribution >= 0.6 is 39.3 Å². The van der Waals surface area contributed by atoms with E-state index in [2.05, 4.69) is 41.3 Å². The Hall–Kier alpha value is -0.190. The molecule has 0 fully saturated rings. The van der Waals surface area contributed by atoms with E-state index >= 15 is 0 Å². The van der Waals surface area contributed by atoms with Gasteiger partial charge < -0.3 is 5.32 Å². The molecule has 5 heteroatoms. The number of thioether (sulfide) groups is 1. The lowest BCUT2D eigenvalue weighted by Gasteiger charge is -2.29. The van der Waals surface area contributed by atoms with E-state index in [4.69, 9.17) is 11.6 Å². The van der Waals surface area contributed by atoms with Crippen LogP contribution in [0.3, 0.4) is 0 Å². The van der Waals surface area contributed by atoms with Crippen LogP contribution in [0.25, 0.3) is 0 Å². The molecule has 0 bridgehead atoms. The van der Waals surface area contributed by atoms with Gasteiger partial charge in [0.15, 0.2) is 0 Å². The van der Waals surface area contributed by atoms with E-state index in [9.17, 15) is 4.79 Å². The molecule has 0 aliphatic rings. The van der Waals surface area contributed by atoms with E-state index in [0.29, 0.717) is 17.1 Å². The fourth-order valence-corrected chi connectivity index (χ4v) is 3.54. The normalized spacial score (nSPS) is 11.4. The topological polar surface area (TPSA) is 29.1 Å². The molecule has 1 aromatic carbocycles. The van der Waals surface area contributed by atoms with E-state index in [0.717, 1.165) is 17.3 Å². The number of rotatable bonds is 6. The predicted octanol–water partition coefficient (Wildman–Crippen LogP) is 4.75. The van der Waals surface area contributed by atoms with E-state index in [1.54, 1.807) is 18.2 Å². The molecule has 2 nitrogen and oxygen atoms in total. The van der Waals surface area contributed by atoms with Gasteiger partial charge in [-0.25, -0.2) is 0 Å². The highest BCUT2D eigenvalue weighted by Gasteiger charge is 2.25. The third kappa shape index (κ3) is 4.69. The largest absolute Gasteiger partial charge is 0.351 e. The lowest BCUT2D eigenvalue weighted by atomic mass is 10.0. The van der Waals surface area contributed by atoms with Crippen LogP contribution in [-0.2, 0) is 0 Å². The van der Waals surface area contributed by atoms with Gasteiger partial charge in [-0.1, -0.05) is 41.4 Å². The second-order valence-corrected chi connectivity index (χ2v) is 7.06. The SMILES string of the molecule is CCC(CC)(CNC(=O)c1cc(Cl)cc(Br)c1)SC. The van der Waals surface area contributed by atoms with Crippen molar-refractivity contribution in [2.45, 2.75) is 31.4 Å². The fourth-order valence-electron chi connectivity index (χ4n) is 1.89. The van der Waals surface area contributed by atoms with Crippen molar-refractivity contribution in [3.8, 4) is 0 Å². The Labute approximate surface area is 132 Å². The molecule has 1 amide bonds. The van der Waals surface area contributed by atoms with Crippen molar-refractivity contribution in [2.24, 2.45) is 0 Å². The van der Waals surface area contributed by atoms with Crippen LogP contribution in [0.2, 0.25) is 5.02 Å². The second-order valence-electron chi connectivity index (χ2n) is 4.44. The molecule has 0 unspecified atom stereocenters. The summed E-state index contributed by atoms with van der Waals surface area (Å²) >= 11 is 11.1. The van der Waals surface area contributed by atoms with Gasteiger partial charge >= 0.3 is 0 Å². The summed E-state index contributed by atoms with van der Waals surface area (Å²) in [4.78, 5) is 12.1. The predicted molar refractivity (Wildman–Crippen MR) is 88.3 cm³/mol. The zero-order chi connectivity index (χ0) is 14.5.